The fourth-order valence-electron chi connectivity index (χ4n) is 2.78. The van der Waals surface area contributed by atoms with Crippen LogP contribution in [-0.2, 0) is 9.59 Å². The molecule has 1 saturated heterocycles. The van der Waals surface area contributed by atoms with Crippen LogP contribution in [0.1, 0.15) is 42.4 Å². The average molecular weight is 295 g/mol. The van der Waals surface area contributed by atoms with Gasteiger partial charge in [0.05, 0.1) is 23.3 Å². The lowest BCUT2D eigenvalue weighted by Crippen LogP contribution is -2.60. The number of hydrogen-bond donors (Lipinski definition) is 1. The maximum absolute atomic E-state index is 12.3. The number of aromatic nitrogens is 1. The zero-order valence-electron chi connectivity index (χ0n) is 12.6. The van der Waals surface area contributed by atoms with E-state index < -0.39 is 6.04 Å². The van der Waals surface area contributed by atoms with Crippen molar-refractivity contribution >= 4 is 23.2 Å². The van der Waals surface area contributed by atoms with Crippen LogP contribution >= 0.6 is 11.3 Å². The summed E-state index contributed by atoms with van der Waals surface area (Å²) in [5, 5.41) is 3.66. The molecule has 110 valence electrons. The molecule has 0 aromatic carbocycles. The molecule has 0 bridgehead atoms. The van der Waals surface area contributed by atoms with Crippen LogP contribution in [0.3, 0.4) is 0 Å². The normalized spacial score (nSPS) is 21.3. The second-order valence-corrected chi connectivity index (χ2v) is 6.80. The Morgan fingerprint density at radius 2 is 1.95 bits per heavy atom. The third kappa shape index (κ3) is 2.57. The monoisotopic (exact) mass is 295 g/mol. The standard InChI is InChI=1S/C14H21N3O2S/c1-7(2)12-14(19)15-6-11(18)17(12)9(4)13-8(3)16-10(5)20-13/h7,9,12H,6H2,1-5H3,(H,15,19). The number of aryl methyl sites for hydroxylation is 2. The second-order valence-electron chi connectivity index (χ2n) is 5.57. The van der Waals surface area contributed by atoms with Crippen molar-refractivity contribution in [3.8, 4) is 0 Å². The number of nitrogens with one attached hydrogen (secondary N) is 1. The van der Waals surface area contributed by atoms with E-state index in [1.807, 2.05) is 34.6 Å². The molecular formula is C14H21N3O2S. The van der Waals surface area contributed by atoms with Crippen LogP contribution < -0.4 is 5.32 Å². The lowest BCUT2D eigenvalue weighted by Gasteiger charge is -2.40. The van der Waals surface area contributed by atoms with E-state index >= 15 is 0 Å². The van der Waals surface area contributed by atoms with Gasteiger partial charge in [-0.25, -0.2) is 4.98 Å². The Morgan fingerprint density at radius 1 is 1.30 bits per heavy atom. The first-order valence-electron chi connectivity index (χ1n) is 6.85. The van der Waals surface area contributed by atoms with Gasteiger partial charge in [-0.2, -0.15) is 0 Å². The van der Waals surface area contributed by atoms with Gasteiger partial charge in [0, 0.05) is 4.88 Å². The summed E-state index contributed by atoms with van der Waals surface area (Å²) in [4.78, 5) is 31.6. The highest BCUT2D eigenvalue weighted by Crippen LogP contribution is 2.32. The Kier molecular flexibility index (Phi) is 4.13. The molecule has 2 heterocycles. The van der Waals surface area contributed by atoms with E-state index in [0.717, 1.165) is 15.6 Å². The summed E-state index contributed by atoms with van der Waals surface area (Å²) >= 11 is 1.60. The molecule has 6 heteroatoms. The number of piperazine rings is 1. The van der Waals surface area contributed by atoms with Crippen LogP contribution in [0.15, 0.2) is 0 Å². The first-order valence-corrected chi connectivity index (χ1v) is 7.67. The lowest BCUT2D eigenvalue weighted by atomic mass is 9.97. The third-order valence-electron chi connectivity index (χ3n) is 3.64. The van der Waals surface area contributed by atoms with Gasteiger partial charge in [-0.3, -0.25) is 9.59 Å². The number of nitrogens with zero attached hydrogens (tertiary/aromatic N) is 2. The molecule has 2 amide bonds. The van der Waals surface area contributed by atoms with Crippen molar-refractivity contribution in [2.75, 3.05) is 6.54 Å². The zero-order valence-corrected chi connectivity index (χ0v) is 13.4. The summed E-state index contributed by atoms with van der Waals surface area (Å²) in [5.74, 6) is -0.0115. The molecule has 1 N–H and O–H groups in total. The smallest absolute Gasteiger partial charge is 0.243 e. The quantitative estimate of drug-likeness (QED) is 0.925. The molecule has 1 aliphatic heterocycles. The number of hydrogen-bond acceptors (Lipinski definition) is 4. The molecule has 1 aromatic rings. The third-order valence-corrected chi connectivity index (χ3v) is 4.88. The highest BCUT2D eigenvalue weighted by atomic mass is 32.1. The van der Waals surface area contributed by atoms with Gasteiger partial charge in [-0.15, -0.1) is 11.3 Å². The van der Waals surface area contributed by atoms with E-state index in [4.69, 9.17) is 0 Å². The minimum atomic E-state index is -0.409. The van der Waals surface area contributed by atoms with Crippen LogP contribution in [0.4, 0.5) is 0 Å². The Morgan fingerprint density at radius 3 is 2.45 bits per heavy atom. The predicted octanol–water partition coefficient (Wildman–Crippen LogP) is 1.80. The van der Waals surface area contributed by atoms with Gasteiger partial charge in [0.25, 0.3) is 0 Å². The molecule has 5 nitrogen and oxygen atoms in total. The summed E-state index contributed by atoms with van der Waals surface area (Å²) < 4.78 is 0. The average Bonchev–Trinajstić information content (AvgIpc) is 2.69. The lowest BCUT2D eigenvalue weighted by molar-refractivity contribution is -0.150. The van der Waals surface area contributed by atoms with Crippen LogP contribution in [-0.4, -0.2) is 34.3 Å². The van der Waals surface area contributed by atoms with Gasteiger partial charge in [-0.1, -0.05) is 13.8 Å². The Balaban J connectivity index is 2.38. The van der Waals surface area contributed by atoms with Gasteiger partial charge >= 0.3 is 0 Å². The molecule has 1 aromatic heterocycles. The molecule has 1 aliphatic rings. The Labute approximate surface area is 123 Å². The van der Waals surface area contributed by atoms with Gasteiger partial charge < -0.3 is 10.2 Å². The molecule has 0 saturated carbocycles. The SMILES string of the molecule is Cc1nc(C)c(C(C)N2C(=O)CNC(=O)C2C(C)C)s1. The maximum Gasteiger partial charge on any atom is 0.243 e. The fraction of sp³-hybridized carbons (Fsp3) is 0.643. The number of amides is 2. The summed E-state index contributed by atoms with van der Waals surface area (Å²) in [5.41, 5.74) is 0.946. The number of carbonyl (C=O) groups is 2. The molecule has 0 radical (unpaired) electrons. The molecule has 2 rings (SSSR count). The molecular weight excluding hydrogens is 274 g/mol. The van der Waals surface area contributed by atoms with Gasteiger partial charge in [0.1, 0.15) is 6.04 Å². The van der Waals surface area contributed by atoms with E-state index in [1.165, 1.54) is 0 Å². The summed E-state index contributed by atoms with van der Waals surface area (Å²) in [7, 11) is 0. The highest BCUT2D eigenvalue weighted by molar-refractivity contribution is 7.11. The van der Waals surface area contributed by atoms with Crippen molar-refractivity contribution in [1.82, 2.24) is 15.2 Å². The fourth-order valence-corrected chi connectivity index (χ4v) is 3.76. The molecule has 0 spiro atoms. The molecule has 2 unspecified atom stereocenters. The van der Waals surface area contributed by atoms with Crippen molar-refractivity contribution in [1.29, 1.82) is 0 Å². The number of carbonyl (C=O) groups excluding carboxylic acids is 2. The predicted molar refractivity (Wildman–Crippen MR) is 78.5 cm³/mol. The van der Waals surface area contributed by atoms with E-state index in [-0.39, 0.29) is 30.3 Å². The van der Waals surface area contributed by atoms with Crippen LogP contribution in [0.2, 0.25) is 0 Å². The van der Waals surface area contributed by atoms with Crippen molar-refractivity contribution in [3.63, 3.8) is 0 Å². The summed E-state index contributed by atoms with van der Waals surface area (Å²) in [6.45, 7) is 9.91. The molecule has 20 heavy (non-hydrogen) atoms. The Bertz CT molecular complexity index is 539. The van der Waals surface area contributed by atoms with Crippen LogP contribution in [0.25, 0.3) is 0 Å². The van der Waals surface area contributed by atoms with Crippen LogP contribution in [0.5, 0.6) is 0 Å². The zero-order chi connectivity index (χ0) is 15.0. The highest BCUT2D eigenvalue weighted by Gasteiger charge is 2.40. The topological polar surface area (TPSA) is 62.3 Å². The minimum absolute atomic E-state index is 0.0266. The summed E-state index contributed by atoms with van der Waals surface area (Å²) in [6.07, 6.45) is 0. The Hall–Kier alpha value is -1.43. The van der Waals surface area contributed by atoms with Crippen molar-refractivity contribution in [2.45, 2.75) is 46.7 Å². The number of rotatable bonds is 3. The molecule has 1 fully saturated rings. The van der Waals surface area contributed by atoms with E-state index in [2.05, 4.69) is 10.3 Å². The van der Waals surface area contributed by atoms with Crippen molar-refractivity contribution in [2.24, 2.45) is 5.92 Å². The van der Waals surface area contributed by atoms with E-state index in [0.29, 0.717) is 0 Å². The van der Waals surface area contributed by atoms with Crippen LogP contribution in [0, 0.1) is 19.8 Å². The van der Waals surface area contributed by atoms with Gasteiger partial charge in [-0.05, 0) is 26.7 Å². The second kappa shape index (κ2) is 5.52. The van der Waals surface area contributed by atoms with E-state index in [9.17, 15) is 9.59 Å². The van der Waals surface area contributed by atoms with Crippen molar-refractivity contribution < 1.29 is 9.59 Å². The first kappa shape index (κ1) is 15.0. The maximum atomic E-state index is 12.3. The number of thiazole rings is 1. The van der Waals surface area contributed by atoms with Gasteiger partial charge in [0.15, 0.2) is 0 Å². The van der Waals surface area contributed by atoms with Crippen molar-refractivity contribution in [3.05, 3.63) is 15.6 Å². The van der Waals surface area contributed by atoms with E-state index in [1.54, 1.807) is 16.2 Å². The largest absolute Gasteiger partial charge is 0.345 e. The molecule has 0 aliphatic carbocycles. The first-order chi connectivity index (χ1) is 9.32. The minimum Gasteiger partial charge on any atom is -0.345 e. The molecule has 2 atom stereocenters. The van der Waals surface area contributed by atoms with Gasteiger partial charge in [0.2, 0.25) is 11.8 Å². The summed E-state index contributed by atoms with van der Waals surface area (Å²) in [6, 6.07) is -0.528.